The van der Waals surface area contributed by atoms with E-state index >= 15 is 0 Å². The highest BCUT2D eigenvalue weighted by Crippen LogP contribution is 2.21. The minimum atomic E-state index is -0.536. The predicted octanol–water partition coefficient (Wildman–Crippen LogP) is 3.12. The second-order valence-electron chi connectivity index (χ2n) is 4.15. The van der Waals surface area contributed by atoms with Gasteiger partial charge in [0.2, 0.25) is 0 Å². The molecular weight excluding hydrogens is 272 g/mol. The molecule has 0 fully saturated rings. The molecule has 4 rings (SSSR count). The number of benzene rings is 2. The maximum atomic E-state index is 11.0. The molecule has 20 heavy (non-hydrogen) atoms. The lowest BCUT2D eigenvalue weighted by Crippen LogP contribution is -2.12. The van der Waals surface area contributed by atoms with Gasteiger partial charge in [0, 0.05) is 0 Å². The first kappa shape index (κ1) is 12.5. The Bertz CT molecular complexity index is 765. The molecule has 3 aromatic rings. The summed E-state index contributed by atoms with van der Waals surface area (Å²) in [5.41, 5.74) is 4.05. The number of thiazole rings is 1. The maximum Gasteiger partial charge on any atom is 0.296 e. The van der Waals surface area contributed by atoms with E-state index in [2.05, 4.69) is 16.4 Å². The van der Waals surface area contributed by atoms with Crippen molar-refractivity contribution in [1.82, 2.24) is 4.98 Å². The summed E-state index contributed by atoms with van der Waals surface area (Å²) in [5, 5.41) is 2.46. The molecule has 0 aliphatic carbocycles. The number of aromatic nitrogens is 1. The molecule has 0 spiro atoms. The van der Waals surface area contributed by atoms with E-state index in [1.165, 1.54) is 4.70 Å². The molecule has 1 aliphatic rings. The molecule has 98 valence electrons. The zero-order valence-electron chi connectivity index (χ0n) is 10.4. The third kappa shape index (κ3) is 2.31. The number of carbonyl (C=O) groups is 2. The number of Topliss-reactive ketones (excluding diaryl/α,β-unsaturated/α-hetero) is 1. The summed E-state index contributed by atoms with van der Waals surface area (Å²) in [4.78, 5) is 25.9. The van der Waals surface area contributed by atoms with Crippen LogP contribution in [0.2, 0.25) is 0 Å². The molecule has 0 saturated carbocycles. The van der Waals surface area contributed by atoms with Crippen LogP contribution in [0.5, 0.6) is 0 Å². The van der Waals surface area contributed by atoms with Crippen molar-refractivity contribution in [2.24, 2.45) is 0 Å². The van der Waals surface area contributed by atoms with Gasteiger partial charge in [-0.2, -0.15) is 0 Å². The fourth-order valence-electron chi connectivity index (χ4n) is 1.89. The minimum Gasteiger partial charge on any atom is -0.318 e. The second kappa shape index (κ2) is 5.22. The summed E-state index contributed by atoms with van der Waals surface area (Å²) in [7, 11) is 0. The van der Waals surface area contributed by atoms with Crippen LogP contribution in [0.25, 0.3) is 10.2 Å². The van der Waals surface area contributed by atoms with Gasteiger partial charge in [-0.3, -0.25) is 9.59 Å². The quantitative estimate of drug-likeness (QED) is 0.644. The first-order valence-corrected chi connectivity index (χ1v) is 6.86. The number of fused-ring (bicyclic) bond motifs is 2. The molecule has 1 N–H and O–H groups in total. The number of rotatable bonds is 0. The summed E-state index contributed by atoms with van der Waals surface area (Å²) in [5.74, 6) is -0.980. The molecule has 1 aliphatic heterocycles. The van der Waals surface area contributed by atoms with Gasteiger partial charge in [0.25, 0.3) is 11.7 Å². The number of nitrogens with zero attached hydrogens (tertiary/aromatic N) is 1. The standard InChI is InChI=1S/C8H5NO2.C7H5NS/c10-7-5-3-1-2-4-6(5)9-8(7)11;1-2-4-7-6(3-1)8-5-9-7/h1-4H,(H,9,10,11);1-5H. The van der Waals surface area contributed by atoms with E-state index in [9.17, 15) is 9.59 Å². The summed E-state index contributed by atoms with van der Waals surface area (Å²) in [6.45, 7) is 0. The van der Waals surface area contributed by atoms with Crippen molar-refractivity contribution >= 4 is 38.9 Å². The molecule has 0 unspecified atom stereocenters. The van der Waals surface area contributed by atoms with Gasteiger partial charge in [0.15, 0.2) is 0 Å². The van der Waals surface area contributed by atoms with E-state index in [-0.39, 0.29) is 0 Å². The summed E-state index contributed by atoms with van der Waals surface area (Å²) < 4.78 is 1.26. The molecule has 1 aromatic heterocycles. The van der Waals surface area contributed by atoms with Crippen molar-refractivity contribution in [2.75, 3.05) is 5.32 Å². The Kier molecular flexibility index (Phi) is 3.26. The van der Waals surface area contributed by atoms with Crippen LogP contribution in [0.15, 0.2) is 54.0 Å². The lowest BCUT2D eigenvalue weighted by Gasteiger charge is -1.91. The number of anilines is 1. The van der Waals surface area contributed by atoms with Gasteiger partial charge in [-0.15, -0.1) is 11.3 Å². The molecule has 0 saturated heterocycles. The van der Waals surface area contributed by atoms with Gasteiger partial charge >= 0.3 is 0 Å². The van der Waals surface area contributed by atoms with E-state index in [0.29, 0.717) is 11.3 Å². The fourth-order valence-corrected chi connectivity index (χ4v) is 2.57. The van der Waals surface area contributed by atoms with Crippen LogP contribution < -0.4 is 5.32 Å². The highest BCUT2D eigenvalue weighted by Gasteiger charge is 2.26. The van der Waals surface area contributed by atoms with Crippen LogP contribution in [-0.4, -0.2) is 16.7 Å². The Hall–Kier alpha value is -2.53. The van der Waals surface area contributed by atoms with Crippen LogP contribution in [0.3, 0.4) is 0 Å². The predicted molar refractivity (Wildman–Crippen MR) is 79.0 cm³/mol. The van der Waals surface area contributed by atoms with E-state index in [1.807, 2.05) is 23.7 Å². The average molecular weight is 282 g/mol. The largest absolute Gasteiger partial charge is 0.318 e. The van der Waals surface area contributed by atoms with Gasteiger partial charge in [-0.1, -0.05) is 24.3 Å². The average Bonchev–Trinajstić information content (AvgIpc) is 3.06. The number of nitrogens with one attached hydrogen (secondary N) is 1. The highest BCUT2D eigenvalue weighted by molar-refractivity contribution is 7.16. The van der Waals surface area contributed by atoms with Crippen LogP contribution in [0, 0.1) is 0 Å². The van der Waals surface area contributed by atoms with Crippen molar-refractivity contribution in [3.05, 3.63) is 59.6 Å². The molecule has 0 atom stereocenters. The van der Waals surface area contributed by atoms with E-state index in [0.717, 1.165) is 5.52 Å². The normalized spacial score (nSPS) is 12.6. The Morgan fingerprint density at radius 3 is 2.50 bits per heavy atom. The minimum absolute atomic E-state index is 0.444. The van der Waals surface area contributed by atoms with E-state index in [4.69, 9.17) is 0 Å². The van der Waals surface area contributed by atoms with Gasteiger partial charge < -0.3 is 5.32 Å². The van der Waals surface area contributed by atoms with Crippen LogP contribution in [0.4, 0.5) is 5.69 Å². The van der Waals surface area contributed by atoms with Gasteiger partial charge in [-0.05, 0) is 24.3 Å². The smallest absolute Gasteiger partial charge is 0.296 e. The number of ketones is 1. The summed E-state index contributed by atoms with van der Waals surface area (Å²) in [6.07, 6.45) is 0. The Morgan fingerprint density at radius 2 is 1.70 bits per heavy atom. The van der Waals surface area contributed by atoms with E-state index < -0.39 is 11.7 Å². The van der Waals surface area contributed by atoms with Crippen molar-refractivity contribution in [1.29, 1.82) is 0 Å². The molecule has 5 heteroatoms. The van der Waals surface area contributed by atoms with Crippen molar-refractivity contribution in [3.8, 4) is 0 Å². The highest BCUT2D eigenvalue weighted by atomic mass is 32.1. The molecule has 2 aromatic carbocycles. The summed E-state index contributed by atoms with van der Waals surface area (Å²) in [6, 6.07) is 15.0. The maximum absolute atomic E-state index is 11.0. The number of hydrogen-bond donors (Lipinski definition) is 1. The van der Waals surface area contributed by atoms with E-state index in [1.54, 1.807) is 35.6 Å². The summed E-state index contributed by atoms with van der Waals surface area (Å²) >= 11 is 1.68. The molecule has 1 amide bonds. The molecule has 0 bridgehead atoms. The Morgan fingerprint density at radius 1 is 0.950 bits per heavy atom. The van der Waals surface area contributed by atoms with Gasteiger partial charge in [0.1, 0.15) is 0 Å². The number of para-hydroxylation sites is 2. The molecule has 4 nitrogen and oxygen atoms in total. The van der Waals surface area contributed by atoms with Crippen LogP contribution >= 0.6 is 11.3 Å². The molecule has 2 heterocycles. The van der Waals surface area contributed by atoms with Crippen LogP contribution in [0.1, 0.15) is 10.4 Å². The van der Waals surface area contributed by atoms with Gasteiger partial charge in [-0.25, -0.2) is 4.98 Å². The first-order valence-electron chi connectivity index (χ1n) is 5.98. The number of carbonyl (C=O) groups excluding carboxylic acids is 2. The van der Waals surface area contributed by atoms with Crippen molar-refractivity contribution in [2.45, 2.75) is 0 Å². The Balaban J connectivity index is 0.000000123. The monoisotopic (exact) mass is 282 g/mol. The molecule has 0 radical (unpaired) electrons. The topological polar surface area (TPSA) is 59.1 Å². The Labute approximate surface area is 119 Å². The lowest BCUT2D eigenvalue weighted by molar-refractivity contribution is -0.112. The third-order valence-corrected chi connectivity index (χ3v) is 3.67. The second-order valence-corrected chi connectivity index (χ2v) is 5.04. The number of hydrogen-bond acceptors (Lipinski definition) is 4. The zero-order valence-corrected chi connectivity index (χ0v) is 11.2. The number of amides is 1. The molecular formula is C15H10N2O2S. The fraction of sp³-hybridized carbons (Fsp3) is 0. The van der Waals surface area contributed by atoms with Crippen molar-refractivity contribution in [3.63, 3.8) is 0 Å². The first-order chi connectivity index (χ1) is 9.75. The lowest BCUT2D eigenvalue weighted by atomic mass is 10.1. The third-order valence-electron chi connectivity index (χ3n) is 2.86. The van der Waals surface area contributed by atoms with Crippen molar-refractivity contribution < 1.29 is 9.59 Å². The SMILES string of the molecule is O=C1Nc2ccccc2C1=O.c1ccc2scnc2c1. The van der Waals surface area contributed by atoms with Crippen LogP contribution in [-0.2, 0) is 4.79 Å². The zero-order chi connectivity index (χ0) is 13.9. The van der Waals surface area contributed by atoms with Gasteiger partial charge in [0.05, 0.1) is 27.0 Å².